The van der Waals surface area contributed by atoms with Crippen molar-refractivity contribution in [2.75, 3.05) is 5.32 Å². The van der Waals surface area contributed by atoms with Crippen LogP contribution in [0.2, 0.25) is 0 Å². The molecule has 0 radical (unpaired) electrons. The summed E-state index contributed by atoms with van der Waals surface area (Å²) in [5, 5.41) is 10.0. The van der Waals surface area contributed by atoms with Crippen molar-refractivity contribution < 1.29 is 13.2 Å². The lowest BCUT2D eigenvalue weighted by Gasteiger charge is -2.22. The molecule has 0 amide bonds. The van der Waals surface area contributed by atoms with Crippen LogP contribution in [0.3, 0.4) is 0 Å². The van der Waals surface area contributed by atoms with Gasteiger partial charge in [0.05, 0.1) is 17.9 Å². The molecule has 0 saturated carbocycles. The van der Waals surface area contributed by atoms with E-state index in [1.165, 1.54) is 0 Å². The zero-order valence-electron chi connectivity index (χ0n) is 9.66. The quantitative estimate of drug-likeness (QED) is 0.892. The number of hydrogen-bond donors (Lipinski definition) is 2. The molecule has 0 fully saturated rings. The number of anilines is 1. The van der Waals surface area contributed by atoms with E-state index >= 15 is 0 Å². The lowest BCUT2D eigenvalue weighted by Crippen LogP contribution is -2.17. The van der Waals surface area contributed by atoms with Gasteiger partial charge in [-0.3, -0.25) is 5.10 Å². The molecule has 2 N–H and O–H groups in total. The lowest BCUT2D eigenvalue weighted by atomic mass is 9.94. The van der Waals surface area contributed by atoms with Crippen LogP contribution < -0.4 is 5.32 Å². The molecule has 5 nitrogen and oxygen atoms in total. The summed E-state index contributed by atoms with van der Waals surface area (Å²) in [5.41, 5.74) is 2.03. The van der Waals surface area contributed by atoms with Crippen LogP contribution in [0.25, 0.3) is 0 Å². The Bertz CT molecular complexity index is 576. The van der Waals surface area contributed by atoms with Crippen molar-refractivity contribution in [2.45, 2.75) is 31.5 Å². The highest BCUT2D eigenvalue weighted by molar-refractivity contribution is 7.09. The van der Waals surface area contributed by atoms with Gasteiger partial charge in [-0.2, -0.15) is 27.6 Å². The maximum Gasteiger partial charge on any atom is 0.452 e. The Morgan fingerprint density at radius 3 is 3.00 bits per heavy atom. The highest BCUT2D eigenvalue weighted by Gasteiger charge is 2.36. The van der Waals surface area contributed by atoms with Gasteiger partial charge in [-0.05, 0) is 24.8 Å². The van der Waals surface area contributed by atoms with Gasteiger partial charge in [0, 0.05) is 11.5 Å². The SMILES string of the molecule is FC(F)(F)c1nsc(N[C@@H]2CCCc3cn[nH]c32)n1. The Morgan fingerprint density at radius 1 is 1.42 bits per heavy atom. The monoisotopic (exact) mass is 289 g/mol. The van der Waals surface area contributed by atoms with Crippen molar-refractivity contribution in [3.63, 3.8) is 0 Å². The van der Waals surface area contributed by atoms with Crippen LogP contribution in [0, 0.1) is 0 Å². The number of hydrogen-bond acceptors (Lipinski definition) is 5. The van der Waals surface area contributed by atoms with Gasteiger partial charge in [-0.25, -0.2) is 0 Å². The molecule has 0 saturated heterocycles. The lowest BCUT2D eigenvalue weighted by molar-refractivity contribution is -0.144. The third kappa shape index (κ3) is 2.42. The van der Waals surface area contributed by atoms with Gasteiger partial charge in [0.1, 0.15) is 0 Å². The molecule has 102 valence electrons. The van der Waals surface area contributed by atoms with Crippen LogP contribution >= 0.6 is 11.5 Å². The van der Waals surface area contributed by atoms with Crippen LogP contribution in [0.1, 0.15) is 36.0 Å². The molecule has 3 rings (SSSR count). The van der Waals surface area contributed by atoms with E-state index in [1.54, 1.807) is 6.20 Å². The first-order valence-corrected chi connectivity index (χ1v) is 6.51. The van der Waals surface area contributed by atoms with E-state index in [4.69, 9.17) is 0 Å². The predicted octanol–water partition coefficient (Wildman–Crippen LogP) is 2.77. The first-order valence-electron chi connectivity index (χ1n) is 5.73. The Labute approximate surface area is 110 Å². The van der Waals surface area contributed by atoms with E-state index < -0.39 is 12.0 Å². The van der Waals surface area contributed by atoms with E-state index in [9.17, 15) is 13.2 Å². The molecule has 1 aliphatic rings. The number of aromatic amines is 1. The van der Waals surface area contributed by atoms with Gasteiger partial charge in [-0.1, -0.05) is 0 Å². The van der Waals surface area contributed by atoms with Gasteiger partial charge < -0.3 is 5.32 Å². The summed E-state index contributed by atoms with van der Waals surface area (Å²) in [7, 11) is 0. The fraction of sp³-hybridized carbons (Fsp3) is 0.500. The van der Waals surface area contributed by atoms with Crippen LogP contribution in [0.5, 0.6) is 0 Å². The third-order valence-corrected chi connectivity index (χ3v) is 3.66. The van der Waals surface area contributed by atoms with Gasteiger partial charge >= 0.3 is 6.18 Å². The zero-order valence-corrected chi connectivity index (χ0v) is 10.5. The summed E-state index contributed by atoms with van der Waals surface area (Å²) >= 11 is 0.721. The summed E-state index contributed by atoms with van der Waals surface area (Å²) in [6.07, 6.45) is -0.00818. The molecule has 0 spiro atoms. The Hall–Kier alpha value is -1.64. The number of halogens is 3. The van der Waals surface area contributed by atoms with E-state index in [-0.39, 0.29) is 11.2 Å². The molecular weight excluding hydrogens is 279 g/mol. The number of nitrogens with one attached hydrogen (secondary N) is 2. The van der Waals surface area contributed by atoms with Crippen molar-refractivity contribution in [3.05, 3.63) is 23.3 Å². The van der Waals surface area contributed by atoms with Crippen molar-refractivity contribution in [3.8, 4) is 0 Å². The summed E-state index contributed by atoms with van der Waals surface area (Å²) in [6, 6.07) is -0.0831. The van der Waals surface area contributed by atoms with Crippen LogP contribution in [0.4, 0.5) is 18.3 Å². The average molecular weight is 289 g/mol. The first-order chi connectivity index (χ1) is 9.04. The molecule has 19 heavy (non-hydrogen) atoms. The number of aromatic nitrogens is 4. The highest BCUT2D eigenvalue weighted by atomic mass is 32.1. The molecule has 2 heterocycles. The number of fused-ring (bicyclic) bond motifs is 1. The van der Waals surface area contributed by atoms with Crippen molar-refractivity contribution in [1.29, 1.82) is 0 Å². The standard InChI is InChI=1S/C10H10F3N5S/c11-10(12,13)8-16-9(19-18-8)15-6-3-1-2-5-4-14-17-7(5)6/h4,6H,1-3H2,(H,14,17)(H,15,16,18)/t6-/m1/s1. The second kappa shape index (κ2) is 4.48. The Kier molecular flexibility index (Phi) is 2.92. The Morgan fingerprint density at radius 2 is 2.26 bits per heavy atom. The largest absolute Gasteiger partial charge is 0.452 e. The molecule has 9 heteroatoms. The number of nitrogens with zero attached hydrogens (tertiary/aromatic N) is 3. The first kappa shape index (κ1) is 12.4. The highest BCUT2D eigenvalue weighted by Crippen LogP contribution is 2.33. The molecule has 2 aromatic heterocycles. The molecule has 0 bridgehead atoms. The van der Waals surface area contributed by atoms with Gasteiger partial charge in [0.25, 0.3) is 0 Å². The van der Waals surface area contributed by atoms with E-state index in [1.807, 2.05) is 0 Å². The number of H-pyrrole nitrogens is 1. The van der Waals surface area contributed by atoms with Crippen molar-refractivity contribution in [1.82, 2.24) is 19.6 Å². The fourth-order valence-electron chi connectivity index (χ4n) is 2.15. The maximum absolute atomic E-state index is 12.4. The molecule has 0 unspecified atom stereocenters. The van der Waals surface area contributed by atoms with E-state index in [2.05, 4.69) is 24.9 Å². The topological polar surface area (TPSA) is 66.5 Å². The molecule has 1 atom stereocenters. The van der Waals surface area contributed by atoms with Gasteiger partial charge in [0.15, 0.2) is 0 Å². The molecule has 1 aliphatic carbocycles. The zero-order chi connectivity index (χ0) is 13.5. The minimum atomic E-state index is -4.50. The van der Waals surface area contributed by atoms with E-state index in [0.29, 0.717) is 0 Å². The molecule has 0 aromatic carbocycles. The second-order valence-corrected chi connectivity index (χ2v) is 5.07. The predicted molar refractivity (Wildman–Crippen MR) is 62.8 cm³/mol. The number of alkyl halides is 3. The summed E-state index contributed by atoms with van der Waals surface area (Å²) in [6.45, 7) is 0. The second-order valence-electron chi connectivity index (χ2n) is 4.32. The molecule has 2 aromatic rings. The average Bonchev–Trinajstić information content (AvgIpc) is 2.96. The van der Waals surface area contributed by atoms with Gasteiger partial charge in [0.2, 0.25) is 11.0 Å². The normalized spacial score (nSPS) is 19.2. The molecular formula is C10H10F3N5S. The van der Waals surface area contributed by atoms with Crippen molar-refractivity contribution in [2.24, 2.45) is 0 Å². The van der Waals surface area contributed by atoms with Crippen LogP contribution in [-0.4, -0.2) is 19.6 Å². The third-order valence-electron chi connectivity index (χ3n) is 3.02. The summed E-state index contributed by atoms with van der Waals surface area (Å²) in [4.78, 5) is 3.47. The van der Waals surface area contributed by atoms with E-state index in [0.717, 1.165) is 42.1 Å². The minimum Gasteiger partial charge on any atom is -0.352 e. The maximum atomic E-state index is 12.4. The van der Waals surface area contributed by atoms with Crippen LogP contribution in [-0.2, 0) is 12.6 Å². The summed E-state index contributed by atoms with van der Waals surface area (Å²) in [5.74, 6) is -1.10. The fourth-order valence-corrected chi connectivity index (χ4v) is 2.79. The van der Waals surface area contributed by atoms with Gasteiger partial charge in [-0.15, -0.1) is 0 Å². The van der Waals surface area contributed by atoms with Crippen molar-refractivity contribution >= 4 is 16.7 Å². The minimum absolute atomic E-state index is 0.0831. The Balaban J connectivity index is 1.78. The number of aryl methyl sites for hydroxylation is 1. The number of rotatable bonds is 2. The smallest absolute Gasteiger partial charge is 0.352 e. The van der Waals surface area contributed by atoms with Crippen LogP contribution in [0.15, 0.2) is 6.20 Å². The molecule has 0 aliphatic heterocycles. The summed E-state index contributed by atoms with van der Waals surface area (Å²) < 4.78 is 40.5.